The van der Waals surface area contributed by atoms with Crippen molar-refractivity contribution in [3.05, 3.63) is 11.1 Å². The van der Waals surface area contributed by atoms with Crippen LogP contribution in [0.5, 0.6) is 0 Å². The maximum atomic E-state index is 11.0. The van der Waals surface area contributed by atoms with E-state index < -0.39 is 7.72 Å². The van der Waals surface area contributed by atoms with E-state index in [1.165, 1.54) is 0 Å². The first kappa shape index (κ1) is 11.3. The average molecular weight is 242 g/mol. The number of carbonyl (C=O) groups is 2. The number of hydrogen-bond acceptors (Lipinski definition) is 4. The molecule has 4 atom stereocenters. The quantitative estimate of drug-likeness (QED) is 0.318. The lowest BCUT2D eigenvalue weighted by atomic mass is 10.1. The van der Waals surface area contributed by atoms with Gasteiger partial charge in [-0.15, -0.1) is 0 Å². The molecule has 7 heteroatoms. The molecule has 0 spiro atoms. The third-order valence-electron chi connectivity index (χ3n) is 2.52. The Morgan fingerprint density at radius 1 is 1.67 bits per heavy atom. The fourth-order valence-electron chi connectivity index (χ4n) is 1.95. The summed E-state index contributed by atoms with van der Waals surface area (Å²) in [7, 11) is 6.80. The maximum absolute atomic E-state index is 11.0. The summed E-state index contributed by atoms with van der Waals surface area (Å²) >= 11 is 0. The summed E-state index contributed by atoms with van der Waals surface area (Å²) in [5.41, 5.74) is 1.30. The lowest BCUT2D eigenvalue weighted by molar-refractivity contribution is -0.141. The predicted molar refractivity (Wildman–Crippen MR) is 59.5 cm³/mol. The maximum Gasteiger partial charge on any atom is 0.310 e. The lowest BCUT2D eigenvalue weighted by Crippen LogP contribution is -2.14. The molecule has 0 aromatic rings. The van der Waals surface area contributed by atoms with Gasteiger partial charge in [0, 0.05) is 12.0 Å². The van der Waals surface area contributed by atoms with Crippen LogP contribution in [0.3, 0.4) is 0 Å². The Balaban J connectivity index is 2.20. The molecular formula is C8H9BO4P2. The first-order chi connectivity index (χ1) is 7.11. The topological polar surface area (TPSA) is 52.6 Å². The van der Waals surface area contributed by atoms with Crippen LogP contribution in [0.1, 0.15) is 12.8 Å². The Morgan fingerprint density at radius 2 is 2.40 bits per heavy atom. The average Bonchev–Trinajstić information content (AvgIpc) is 2.59. The third kappa shape index (κ3) is 2.15. The summed E-state index contributed by atoms with van der Waals surface area (Å²) in [5, 5.41) is 0. The van der Waals surface area contributed by atoms with Crippen molar-refractivity contribution in [2.45, 2.75) is 25.0 Å². The molecule has 0 N–H and O–H groups in total. The second-order valence-corrected chi connectivity index (χ2v) is 5.90. The zero-order valence-electron chi connectivity index (χ0n) is 7.88. The molecule has 2 aliphatic rings. The summed E-state index contributed by atoms with van der Waals surface area (Å²) < 4.78 is 10.5. The molecule has 0 bridgehead atoms. The molecule has 1 aliphatic heterocycles. The minimum atomic E-state index is -1.09. The minimum absolute atomic E-state index is 0.206. The van der Waals surface area contributed by atoms with Gasteiger partial charge >= 0.3 is 5.97 Å². The van der Waals surface area contributed by atoms with Gasteiger partial charge in [-0.2, -0.15) is 0 Å². The molecule has 2 rings (SSSR count). The van der Waals surface area contributed by atoms with Gasteiger partial charge in [0.05, 0.1) is 12.5 Å². The molecule has 0 amide bonds. The largest absolute Gasteiger partial charge is 0.457 e. The van der Waals surface area contributed by atoms with Crippen molar-refractivity contribution in [3.8, 4) is 0 Å². The number of aldehydes is 1. The zero-order chi connectivity index (χ0) is 11.0. The number of carbonyl (C=O) groups excluding carboxylic acids is 2. The molecule has 1 fully saturated rings. The summed E-state index contributed by atoms with van der Waals surface area (Å²) in [6, 6.07) is 0. The van der Waals surface area contributed by atoms with Crippen molar-refractivity contribution in [2.75, 3.05) is 0 Å². The predicted octanol–water partition coefficient (Wildman–Crippen LogP) is 0.857. The van der Waals surface area contributed by atoms with Crippen molar-refractivity contribution in [1.29, 1.82) is 0 Å². The van der Waals surface area contributed by atoms with E-state index in [0.29, 0.717) is 12.0 Å². The highest BCUT2D eigenvalue weighted by Gasteiger charge is 2.41. The van der Waals surface area contributed by atoms with Gasteiger partial charge in [-0.1, -0.05) is 8.93 Å². The summed E-state index contributed by atoms with van der Waals surface area (Å²) in [6.07, 6.45) is 0.870. The van der Waals surface area contributed by atoms with Gasteiger partial charge in [-0.3, -0.25) is 9.59 Å². The molecular weight excluding hydrogens is 233 g/mol. The van der Waals surface area contributed by atoms with Gasteiger partial charge in [0.25, 0.3) is 0 Å². The number of rotatable bonds is 3. The highest BCUT2D eigenvalue weighted by atomic mass is 32.0. The molecule has 2 unspecified atom stereocenters. The van der Waals surface area contributed by atoms with Gasteiger partial charge in [-0.05, 0) is 13.3 Å². The molecule has 1 heterocycles. The first-order valence-electron chi connectivity index (χ1n) is 4.45. The molecule has 0 aromatic carbocycles. The summed E-state index contributed by atoms with van der Waals surface area (Å²) in [4.78, 5) is 21.9. The normalized spacial score (nSPS) is 31.4. The van der Waals surface area contributed by atoms with E-state index in [1.54, 1.807) is 0 Å². The first-order valence-corrected chi connectivity index (χ1v) is 7.40. The number of esters is 1. The SMILES string of the molecule is [B]P(P)O[C@@H]1C[C@@H]2OC(=O)CC2=C1C=O. The van der Waals surface area contributed by atoms with Crippen LogP contribution in [0.2, 0.25) is 0 Å². The monoisotopic (exact) mass is 242 g/mol. The Kier molecular flexibility index (Phi) is 3.25. The molecule has 2 radical (unpaired) electrons. The Labute approximate surface area is 92.1 Å². The van der Waals surface area contributed by atoms with Crippen LogP contribution in [0.4, 0.5) is 0 Å². The van der Waals surface area contributed by atoms with Crippen LogP contribution in [0.25, 0.3) is 0 Å². The fourth-order valence-corrected chi connectivity index (χ4v) is 2.88. The van der Waals surface area contributed by atoms with Gasteiger partial charge < -0.3 is 9.26 Å². The van der Waals surface area contributed by atoms with Gasteiger partial charge in [0.2, 0.25) is 0 Å². The number of ether oxygens (including phenoxy) is 1. The van der Waals surface area contributed by atoms with Crippen LogP contribution in [-0.2, 0) is 18.8 Å². The van der Waals surface area contributed by atoms with E-state index >= 15 is 0 Å². The highest BCUT2D eigenvalue weighted by molar-refractivity contribution is 8.23. The molecule has 0 saturated carbocycles. The highest BCUT2D eigenvalue weighted by Crippen LogP contribution is 2.47. The smallest absolute Gasteiger partial charge is 0.310 e. The van der Waals surface area contributed by atoms with Crippen LogP contribution < -0.4 is 0 Å². The van der Waals surface area contributed by atoms with Crippen molar-refractivity contribution < 1.29 is 18.8 Å². The van der Waals surface area contributed by atoms with E-state index in [-0.39, 0.29) is 24.6 Å². The standard InChI is InChI=1S/C8H9BO4P2/c9-15(14)13-7-2-6-4(5(7)3-10)1-8(11)12-6/h3,6-7H,1-2,14H2/t6-,7+,15?/m0/s1. The fraction of sp³-hybridized carbons (Fsp3) is 0.500. The molecule has 0 aromatic heterocycles. The van der Waals surface area contributed by atoms with Crippen molar-refractivity contribution in [3.63, 3.8) is 0 Å². The van der Waals surface area contributed by atoms with E-state index in [1.807, 2.05) is 0 Å². The summed E-state index contributed by atoms with van der Waals surface area (Å²) in [6.45, 7) is 0. The van der Waals surface area contributed by atoms with Crippen molar-refractivity contribution in [2.24, 2.45) is 0 Å². The molecule has 1 saturated heterocycles. The van der Waals surface area contributed by atoms with Crippen LogP contribution in [0.15, 0.2) is 11.1 Å². The van der Waals surface area contributed by atoms with Crippen LogP contribution in [-0.4, -0.2) is 32.0 Å². The lowest BCUT2D eigenvalue weighted by Gasteiger charge is -2.17. The van der Waals surface area contributed by atoms with E-state index in [2.05, 4.69) is 8.93 Å². The number of fused-ring (bicyclic) bond motifs is 1. The molecule has 15 heavy (non-hydrogen) atoms. The molecule has 1 aliphatic carbocycles. The molecule has 4 nitrogen and oxygen atoms in total. The van der Waals surface area contributed by atoms with Crippen molar-refractivity contribution >= 4 is 36.5 Å². The second kappa shape index (κ2) is 4.33. The zero-order valence-corrected chi connectivity index (χ0v) is 9.93. The summed E-state index contributed by atoms with van der Waals surface area (Å²) in [5.74, 6) is -0.270. The van der Waals surface area contributed by atoms with E-state index in [0.717, 1.165) is 11.9 Å². The Hall–Kier alpha value is -0.235. The Bertz CT molecular complexity index is 342. The van der Waals surface area contributed by atoms with Gasteiger partial charge in [-0.25, -0.2) is 0 Å². The van der Waals surface area contributed by atoms with E-state index in [4.69, 9.17) is 16.8 Å². The minimum Gasteiger partial charge on any atom is -0.457 e. The van der Waals surface area contributed by atoms with Crippen molar-refractivity contribution in [1.82, 2.24) is 0 Å². The van der Waals surface area contributed by atoms with Crippen LogP contribution >= 0.6 is 16.6 Å². The van der Waals surface area contributed by atoms with E-state index in [9.17, 15) is 9.59 Å². The van der Waals surface area contributed by atoms with Gasteiger partial charge in [0.15, 0.2) is 7.57 Å². The third-order valence-corrected chi connectivity index (χ3v) is 3.38. The second-order valence-electron chi connectivity index (χ2n) is 3.44. The number of hydrogen-bond donors (Lipinski definition) is 0. The van der Waals surface area contributed by atoms with Crippen LogP contribution in [0, 0.1) is 0 Å². The van der Waals surface area contributed by atoms with Gasteiger partial charge in [0.1, 0.15) is 12.4 Å². The Morgan fingerprint density at radius 3 is 3.00 bits per heavy atom. The molecule has 78 valence electrons.